The van der Waals surface area contributed by atoms with Crippen LogP contribution in [-0.2, 0) is 6.42 Å². The van der Waals surface area contributed by atoms with Crippen molar-refractivity contribution in [3.05, 3.63) is 47.5 Å². The fourth-order valence-electron chi connectivity index (χ4n) is 2.40. The van der Waals surface area contributed by atoms with Crippen LogP contribution in [0.5, 0.6) is 0 Å². The standard InChI is InChI=1S/C17H20N2S/c1-12-5-4-6-15-17(12)18-14-8-7-13(9-10-19(2)3)11-16(14)20-15/h4-8,11,18H,9-10H2,1-3H3. The Morgan fingerprint density at radius 1 is 1.10 bits per heavy atom. The van der Waals surface area contributed by atoms with Gasteiger partial charge in [0.2, 0.25) is 0 Å². The molecule has 2 aromatic carbocycles. The minimum atomic E-state index is 1.09. The van der Waals surface area contributed by atoms with Gasteiger partial charge in [-0.15, -0.1) is 0 Å². The summed E-state index contributed by atoms with van der Waals surface area (Å²) in [4.78, 5) is 4.88. The monoisotopic (exact) mass is 284 g/mol. The van der Waals surface area contributed by atoms with Crippen molar-refractivity contribution >= 4 is 23.1 Å². The molecular formula is C17H20N2S. The summed E-state index contributed by atoms with van der Waals surface area (Å²) in [7, 11) is 4.24. The SMILES string of the molecule is Cc1cccc2c1Nc1ccc(CCN(C)C)cc1S2. The summed E-state index contributed by atoms with van der Waals surface area (Å²) in [6, 6.07) is 13.2. The molecular weight excluding hydrogens is 264 g/mol. The Bertz CT molecular complexity index is 635. The number of fused-ring (bicyclic) bond motifs is 2. The highest BCUT2D eigenvalue weighted by molar-refractivity contribution is 7.99. The van der Waals surface area contributed by atoms with Crippen molar-refractivity contribution < 1.29 is 0 Å². The zero-order valence-corrected chi connectivity index (χ0v) is 13.1. The third-order valence-corrected chi connectivity index (χ3v) is 4.73. The van der Waals surface area contributed by atoms with Crippen LogP contribution in [0.2, 0.25) is 0 Å². The zero-order valence-electron chi connectivity index (χ0n) is 12.2. The second kappa shape index (κ2) is 5.51. The second-order valence-electron chi connectivity index (χ2n) is 5.56. The van der Waals surface area contributed by atoms with E-state index in [1.165, 1.54) is 32.3 Å². The summed E-state index contributed by atoms with van der Waals surface area (Å²) in [5.41, 5.74) is 5.19. The van der Waals surface area contributed by atoms with Crippen LogP contribution in [-0.4, -0.2) is 25.5 Å². The lowest BCUT2D eigenvalue weighted by Crippen LogP contribution is -2.15. The lowest BCUT2D eigenvalue weighted by atomic mass is 10.1. The van der Waals surface area contributed by atoms with E-state index in [1.807, 2.05) is 11.8 Å². The number of para-hydroxylation sites is 1. The lowest BCUT2D eigenvalue weighted by Gasteiger charge is -2.23. The summed E-state index contributed by atoms with van der Waals surface area (Å²) >= 11 is 1.87. The van der Waals surface area contributed by atoms with Gasteiger partial charge in [-0.3, -0.25) is 0 Å². The van der Waals surface area contributed by atoms with E-state index in [9.17, 15) is 0 Å². The van der Waals surface area contributed by atoms with Crippen molar-refractivity contribution in [2.75, 3.05) is 26.0 Å². The third kappa shape index (κ3) is 2.69. The van der Waals surface area contributed by atoms with Crippen LogP contribution in [0.25, 0.3) is 0 Å². The van der Waals surface area contributed by atoms with Crippen molar-refractivity contribution in [3.8, 4) is 0 Å². The second-order valence-corrected chi connectivity index (χ2v) is 6.64. The minimum Gasteiger partial charge on any atom is -0.353 e. The van der Waals surface area contributed by atoms with Gasteiger partial charge in [-0.05, 0) is 56.8 Å². The van der Waals surface area contributed by atoms with Crippen molar-refractivity contribution in [1.29, 1.82) is 0 Å². The molecule has 0 bridgehead atoms. The van der Waals surface area contributed by atoms with E-state index in [4.69, 9.17) is 0 Å². The van der Waals surface area contributed by atoms with Crippen LogP contribution >= 0.6 is 11.8 Å². The molecule has 0 fully saturated rings. The topological polar surface area (TPSA) is 15.3 Å². The van der Waals surface area contributed by atoms with Crippen molar-refractivity contribution in [2.24, 2.45) is 0 Å². The van der Waals surface area contributed by atoms with Gasteiger partial charge in [-0.2, -0.15) is 0 Å². The molecule has 3 heteroatoms. The molecule has 1 heterocycles. The summed E-state index contributed by atoms with van der Waals surface area (Å²) in [6.45, 7) is 3.25. The van der Waals surface area contributed by atoms with E-state index in [-0.39, 0.29) is 0 Å². The van der Waals surface area contributed by atoms with Crippen LogP contribution in [0.3, 0.4) is 0 Å². The van der Waals surface area contributed by atoms with E-state index < -0.39 is 0 Å². The van der Waals surface area contributed by atoms with Crippen LogP contribution in [0.4, 0.5) is 11.4 Å². The number of rotatable bonds is 3. The Labute approximate surface area is 125 Å². The number of hydrogen-bond donors (Lipinski definition) is 1. The van der Waals surface area contributed by atoms with Crippen molar-refractivity contribution in [2.45, 2.75) is 23.1 Å². The molecule has 0 aliphatic carbocycles. The van der Waals surface area contributed by atoms with Crippen LogP contribution in [0.1, 0.15) is 11.1 Å². The van der Waals surface area contributed by atoms with E-state index in [0.717, 1.165) is 13.0 Å². The van der Waals surface area contributed by atoms with E-state index >= 15 is 0 Å². The van der Waals surface area contributed by atoms with Crippen molar-refractivity contribution in [3.63, 3.8) is 0 Å². The fourth-order valence-corrected chi connectivity index (χ4v) is 3.54. The molecule has 2 nitrogen and oxygen atoms in total. The molecule has 0 radical (unpaired) electrons. The van der Waals surface area contributed by atoms with Crippen LogP contribution < -0.4 is 5.32 Å². The quantitative estimate of drug-likeness (QED) is 0.771. The first-order valence-electron chi connectivity index (χ1n) is 6.95. The maximum atomic E-state index is 3.57. The largest absolute Gasteiger partial charge is 0.353 e. The van der Waals surface area contributed by atoms with Gasteiger partial charge in [-0.25, -0.2) is 0 Å². The molecule has 20 heavy (non-hydrogen) atoms. The maximum absolute atomic E-state index is 3.57. The highest BCUT2D eigenvalue weighted by Crippen LogP contribution is 2.45. The summed E-state index contributed by atoms with van der Waals surface area (Å²) in [6.07, 6.45) is 1.10. The Balaban J connectivity index is 1.87. The lowest BCUT2D eigenvalue weighted by molar-refractivity contribution is 0.413. The van der Waals surface area contributed by atoms with Gasteiger partial charge in [0.1, 0.15) is 0 Å². The van der Waals surface area contributed by atoms with Gasteiger partial charge in [0.15, 0.2) is 0 Å². The molecule has 0 spiro atoms. The maximum Gasteiger partial charge on any atom is 0.0556 e. The van der Waals surface area contributed by atoms with Gasteiger partial charge in [0, 0.05) is 16.3 Å². The van der Waals surface area contributed by atoms with E-state index in [2.05, 4.69) is 67.6 Å². The molecule has 0 saturated heterocycles. The molecule has 1 aliphatic rings. The smallest absolute Gasteiger partial charge is 0.0556 e. The minimum absolute atomic E-state index is 1.09. The molecule has 3 rings (SSSR count). The molecule has 0 amide bonds. The highest BCUT2D eigenvalue weighted by Gasteiger charge is 2.17. The predicted molar refractivity (Wildman–Crippen MR) is 87.3 cm³/mol. The third-order valence-electron chi connectivity index (χ3n) is 3.61. The fraction of sp³-hybridized carbons (Fsp3) is 0.294. The normalized spacial score (nSPS) is 12.8. The van der Waals surface area contributed by atoms with Gasteiger partial charge >= 0.3 is 0 Å². The molecule has 104 valence electrons. The molecule has 2 aromatic rings. The number of nitrogens with zero attached hydrogens (tertiary/aromatic N) is 1. The molecule has 0 aromatic heterocycles. The first-order chi connectivity index (χ1) is 9.63. The number of likely N-dealkylation sites (N-methyl/N-ethyl adjacent to an activating group) is 1. The number of aryl methyl sites for hydroxylation is 1. The van der Waals surface area contributed by atoms with Crippen LogP contribution in [0, 0.1) is 6.92 Å². The highest BCUT2D eigenvalue weighted by atomic mass is 32.2. The van der Waals surface area contributed by atoms with Crippen LogP contribution in [0.15, 0.2) is 46.2 Å². The Morgan fingerprint density at radius 2 is 1.95 bits per heavy atom. The Kier molecular flexibility index (Phi) is 3.72. The van der Waals surface area contributed by atoms with E-state index in [0.29, 0.717) is 0 Å². The number of nitrogens with one attached hydrogen (secondary N) is 1. The van der Waals surface area contributed by atoms with Gasteiger partial charge in [-0.1, -0.05) is 30.0 Å². The molecule has 0 saturated carbocycles. The summed E-state index contributed by atoms with van der Waals surface area (Å²) in [5, 5.41) is 3.57. The first-order valence-corrected chi connectivity index (χ1v) is 7.77. The average molecular weight is 284 g/mol. The van der Waals surface area contributed by atoms with Crippen molar-refractivity contribution in [1.82, 2.24) is 4.90 Å². The van der Waals surface area contributed by atoms with Gasteiger partial charge in [0.05, 0.1) is 11.4 Å². The molecule has 0 unspecified atom stereocenters. The van der Waals surface area contributed by atoms with Gasteiger partial charge in [0.25, 0.3) is 0 Å². The molecule has 1 aliphatic heterocycles. The van der Waals surface area contributed by atoms with Gasteiger partial charge < -0.3 is 10.2 Å². The first kappa shape index (κ1) is 13.5. The number of anilines is 2. The zero-order chi connectivity index (χ0) is 14.1. The summed E-state index contributed by atoms with van der Waals surface area (Å²) in [5.74, 6) is 0. The molecule has 0 atom stereocenters. The summed E-state index contributed by atoms with van der Waals surface area (Å²) < 4.78 is 0. The number of benzene rings is 2. The Hall–Kier alpha value is -1.45. The Morgan fingerprint density at radius 3 is 2.75 bits per heavy atom. The molecule has 1 N–H and O–H groups in total. The number of hydrogen-bond acceptors (Lipinski definition) is 3. The average Bonchev–Trinajstić information content (AvgIpc) is 2.43. The van der Waals surface area contributed by atoms with E-state index in [1.54, 1.807) is 0 Å². The predicted octanol–water partition coefficient (Wildman–Crippen LogP) is 4.31.